The van der Waals surface area contributed by atoms with Crippen molar-refractivity contribution in [2.45, 2.75) is 202 Å². The van der Waals surface area contributed by atoms with Gasteiger partial charge in [0.05, 0.1) is 1.37 Å². The molecule has 0 aliphatic carbocycles. The molecule has 4 nitrogen and oxygen atoms in total. The van der Waals surface area contributed by atoms with Crippen molar-refractivity contribution in [2.24, 2.45) is 32.5 Å². The maximum Gasteiger partial charge on any atom is 0.164 e. The average Bonchev–Trinajstić information content (AvgIpc) is 0.727. The van der Waals surface area contributed by atoms with E-state index in [0.717, 1.165) is 84.5 Å². The number of benzene rings is 8. The van der Waals surface area contributed by atoms with Crippen molar-refractivity contribution in [1.29, 1.82) is 0 Å². The second-order valence-electron chi connectivity index (χ2n) is 30.7. The Kier molecular flexibility index (Phi) is 19.1. The fraction of sp³-hybridized carbons (Fsp3) is 0.402. The van der Waals surface area contributed by atoms with Gasteiger partial charge in [0.15, 0.2) is 5.78 Å². The number of aryl methyl sites for hydroxylation is 1. The van der Waals surface area contributed by atoms with E-state index in [1.165, 1.54) is 108 Å². The predicted molar refractivity (Wildman–Crippen MR) is 381 cm³/mol. The first-order valence-corrected chi connectivity index (χ1v) is 33.9. The monoisotopic (exact) mass is 1400 g/mol. The maximum absolute atomic E-state index is 12.2. The van der Waals surface area contributed by atoms with Gasteiger partial charge < -0.3 is 5.11 Å². The third kappa shape index (κ3) is 14.0. The van der Waals surface area contributed by atoms with Crippen molar-refractivity contribution >= 4 is 93.9 Å². The van der Waals surface area contributed by atoms with E-state index in [0.29, 0.717) is 6.17 Å². The van der Waals surface area contributed by atoms with E-state index in [4.69, 9.17) is 11.3 Å². The van der Waals surface area contributed by atoms with Crippen LogP contribution in [0.25, 0.3) is 87.1 Å². The summed E-state index contributed by atoms with van der Waals surface area (Å²) in [6.45, 7) is 42.0. The second-order valence-corrected chi connectivity index (χ2v) is 32.8. The Labute approximate surface area is 556 Å². The standard InChI is InChI=1S/C34H34NS.C33H32NS.C15H28O2.Ir/c1-20-11-12-23-22(15-20)16-27-31-30-25(13-14-35-31)24-10-8-9-21(18-33(2,3)4)26(24)17-29(30)36-32(27)28(23)19-34(5,6)7;1-32(2,3)18-21-11-9-13-23-24-14-15-34-30-26-16-20-10-7-8-12-22(20)27(19-33(4,5)6)31(26)35-28(29(24)30)17-25(21)23;1-7-14(5,8-2)12(16)11-13(17)15(6,9-3)10-4;/h8-15,17H,18-19H2,1-7H3;7-15,17H,18-19H2,1-6H3;11,16H,7-10H2,1-6H3;/q2*-1;;/b;;12-11-;/i;15D;;. The molecule has 0 fully saturated rings. The number of allylic oxidation sites excluding steroid dienone is 2. The number of pyridine rings is 2. The third-order valence-corrected chi connectivity index (χ3v) is 20.9. The van der Waals surface area contributed by atoms with Crippen molar-refractivity contribution in [1.82, 2.24) is 9.97 Å². The van der Waals surface area contributed by atoms with Crippen LogP contribution in [0.15, 0.2) is 147 Å². The first-order valence-electron chi connectivity index (χ1n) is 32.7. The van der Waals surface area contributed by atoms with Crippen LogP contribution in [0.1, 0.15) is 179 Å². The number of hydrogen-bond acceptors (Lipinski definition) is 6. The van der Waals surface area contributed by atoms with Crippen LogP contribution in [-0.4, -0.2) is 20.9 Å². The number of aromatic nitrogens is 2. The Balaban J connectivity index is 0.000000170. The van der Waals surface area contributed by atoms with Gasteiger partial charge in [-0.25, -0.2) is 0 Å². The van der Waals surface area contributed by atoms with Crippen LogP contribution in [-0.2, 0) is 50.6 Å². The number of aliphatic hydroxyl groups excluding tert-OH is 1. The van der Waals surface area contributed by atoms with E-state index >= 15 is 0 Å². The summed E-state index contributed by atoms with van der Waals surface area (Å²) in [5.41, 5.74) is 11.2. The van der Waals surface area contributed by atoms with Gasteiger partial charge in [-0.2, -0.15) is 0 Å². The van der Waals surface area contributed by atoms with Crippen molar-refractivity contribution in [3.63, 3.8) is 0 Å². The molecule has 2 aliphatic heterocycles. The fourth-order valence-electron chi connectivity index (χ4n) is 12.9. The summed E-state index contributed by atoms with van der Waals surface area (Å²) >= 11 is 3.80. The molecule has 0 amide bonds. The minimum absolute atomic E-state index is 0. The summed E-state index contributed by atoms with van der Waals surface area (Å²) in [6, 6.07) is 45.4. The Morgan fingerprint density at radius 2 is 0.955 bits per heavy atom. The molecule has 0 bridgehead atoms. The zero-order chi connectivity index (χ0) is 64.5. The van der Waals surface area contributed by atoms with Gasteiger partial charge in [0.1, 0.15) is 5.76 Å². The van der Waals surface area contributed by atoms with Gasteiger partial charge in [-0.05, 0) is 168 Å². The van der Waals surface area contributed by atoms with Crippen LogP contribution in [0.2, 0.25) is 0 Å². The average molecular weight is 1400 g/mol. The minimum Gasteiger partial charge on any atom is -0.512 e. The number of fused-ring (bicyclic) bond motifs is 10. The molecule has 4 heterocycles. The molecular weight excluding hydrogens is 1300 g/mol. The van der Waals surface area contributed by atoms with E-state index in [-0.39, 0.29) is 64.1 Å². The van der Waals surface area contributed by atoms with Crippen LogP contribution < -0.4 is 0 Å². The number of ketones is 1. The van der Waals surface area contributed by atoms with E-state index in [9.17, 15) is 9.90 Å². The van der Waals surface area contributed by atoms with Gasteiger partial charge in [-0.15, -0.1) is 58.6 Å². The van der Waals surface area contributed by atoms with Crippen LogP contribution in [0.3, 0.4) is 0 Å². The summed E-state index contributed by atoms with van der Waals surface area (Å²) in [5.74, 6) is 0.286. The molecule has 1 radical (unpaired) electrons. The zero-order valence-electron chi connectivity index (χ0n) is 57.5. The van der Waals surface area contributed by atoms with E-state index in [2.05, 4.69) is 199 Å². The molecule has 0 unspecified atom stereocenters. The molecule has 8 aromatic carbocycles. The molecule has 12 rings (SSSR count). The summed E-state index contributed by atoms with van der Waals surface area (Å²) in [4.78, 5) is 27.2. The fourth-order valence-corrected chi connectivity index (χ4v) is 15.4. The third-order valence-electron chi connectivity index (χ3n) is 18.5. The van der Waals surface area contributed by atoms with E-state index < -0.39 is 0 Å². The van der Waals surface area contributed by atoms with E-state index in [1.807, 2.05) is 77.3 Å². The number of carbonyl (C=O) groups is 1. The normalized spacial score (nSPS) is 13.6. The second kappa shape index (κ2) is 25.7. The summed E-state index contributed by atoms with van der Waals surface area (Å²) < 4.78 is 8.66. The van der Waals surface area contributed by atoms with Crippen molar-refractivity contribution in [3.05, 3.63) is 167 Å². The Bertz CT molecular complexity index is 4450. The molecule has 2 aromatic heterocycles. The molecule has 0 saturated carbocycles. The number of carbonyl (C=O) groups excluding carboxylic acids is 1. The Morgan fingerprint density at radius 3 is 1.45 bits per heavy atom. The quantitative estimate of drug-likeness (QED) is 0.0603. The minimum atomic E-state index is -0.337. The molecule has 89 heavy (non-hydrogen) atoms. The molecule has 0 spiro atoms. The van der Waals surface area contributed by atoms with Crippen molar-refractivity contribution in [2.75, 3.05) is 0 Å². The topological polar surface area (TPSA) is 63.1 Å². The van der Waals surface area contributed by atoms with Crippen LogP contribution >= 0.6 is 23.5 Å². The van der Waals surface area contributed by atoms with Crippen LogP contribution in [0, 0.1) is 51.5 Å². The van der Waals surface area contributed by atoms with Gasteiger partial charge >= 0.3 is 0 Å². The first kappa shape index (κ1) is 66.1. The zero-order valence-corrected chi connectivity index (χ0v) is 60.6. The summed E-state index contributed by atoms with van der Waals surface area (Å²) in [5, 5.41) is 25.1. The predicted octanol–water partition coefficient (Wildman–Crippen LogP) is 24.3. The molecule has 7 heteroatoms. The summed E-state index contributed by atoms with van der Waals surface area (Å²) in [7, 11) is 0. The number of nitrogens with zero attached hydrogens (tertiary/aromatic N) is 2. The van der Waals surface area contributed by atoms with Crippen molar-refractivity contribution in [3.8, 4) is 22.5 Å². The number of aliphatic hydroxyl groups is 1. The maximum atomic E-state index is 12.2. The smallest absolute Gasteiger partial charge is 0.164 e. The number of hydrogen-bond donors (Lipinski definition) is 1. The van der Waals surface area contributed by atoms with E-state index in [1.54, 1.807) is 0 Å². The van der Waals surface area contributed by atoms with Gasteiger partial charge in [-0.3, -0.25) is 14.8 Å². The molecule has 0 atom stereocenters. The Morgan fingerprint density at radius 1 is 0.506 bits per heavy atom. The first-order chi connectivity index (χ1) is 41.8. The van der Waals surface area contributed by atoms with Gasteiger partial charge in [0.2, 0.25) is 0 Å². The molecule has 467 valence electrons. The van der Waals surface area contributed by atoms with Gasteiger partial charge in [0, 0.05) is 70.6 Å². The molecule has 1 N–H and O–H groups in total. The molecule has 0 saturated heterocycles. The molecule has 10 aromatic rings. The molecular formula is C82H94IrN2O2S2-2. The Hall–Kier alpha value is -5.82. The van der Waals surface area contributed by atoms with Crippen LogP contribution in [0.4, 0.5) is 0 Å². The van der Waals surface area contributed by atoms with Crippen molar-refractivity contribution < 1.29 is 31.4 Å². The SMILES string of the molecule is CCC(C)(CC)C(=O)/C=C(\O)C(C)(CC)CC.Cc1ccc2c(CC(C)(C)C)c3c([c-]c2c1)-c1nccc2c1c(cc1c(CC(C)(C)C)cccc12)S3.[2H]c1cc2c3c(cc4c(CC(C)(C)C)cccc42)Sc2c([c-]c4ccccc4c2CC(C)(C)C)-c3n1.[Ir]. The summed E-state index contributed by atoms with van der Waals surface area (Å²) in [6.07, 6.45) is 11.1. The van der Waals surface area contributed by atoms with Gasteiger partial charge in [-0.1, -0.05) is 230 Å². The number of rotatable bonds is 11. The van der Waals surface area contributed by atoms with Gasteiger partial charge in [0.25, 0.3) is 0 Å². The largest absolute Gasteiger partial charge is 0.512 e. The molecule has 2 aliphatic rings. The van der Waals surface area contributed by atoms with Crippen LogP contribution in [0.5, 0.6) is 0 Å².